The summed E-state index contributed by atoms with van der Waals surface area (Å²) >= 11 is 1.24. The summed E-state index contributed by atoms with van der Waals surface area (Å²) in [6, 6.07) is 8.65. The van der Waals surface area contributed by atoms with Gasteiger partial charge in [0, 0.05) is 23.7 Å². The smallest absolute Gasteiger partial charge is 0.227 e. The number of imidazole rings is 1. The van der Waals surface area contributed by atoms with Gasteiger partial charge in [-0.15, -0.1) is 0 Å². The highest BCUT2D eigenvalue weighted by molar-refractivity contribution is 7.85. The molecule has 13 heteroatoms. The van der Waals surface area contributed by atoms with Crippen molar-refractivity contribution in [2.75, 3.05) is 11.9 Å². The first kappa shape index (κ1) is 26.4. The molecule has 2 unspecified atom stereocenters. The fourth-order valence-electron chi connectivity index (χ4n) is 5.19. The first-order chi connectivity index (χ1) is 19.3. The summed E-state index contributed by atoms with van der Waals surface area (Å²) in [6.07, 6.45) is 2.96. The number of carbonyl (C=O) groups excluding carboxylic acids is 1. The monoisotopic (exact) mass is 582 g/mol. The second kappa shape index (κ2) is 10.3. The Labute approximate surface area is 234 Å². The molecule has 1 aliphatic heterocycles. The number of rotatable bonds is 6. The summed E-state index contributed by atoms with van der Waals surface area (Å²) in [5.41, 5.74) is 4.10. The van der Waals surface area contributed by atoms with Crippen LogP contribution in [0.15, 0.2) is 51.3 Å². The zero-order valence-corrected chi connectivity index (χ0v) is 23.4. The van der Waals surface area contributed by atoms with Gasteiger partial charge in [0.1, 0.15) is 26.8 Å². The van der Waals surface area contributed by atoms with Crippen molar-refractivity contribution in [3.63, 3.8) is 0 Å². The first-order valence-electron chi connectivity index (χ1n) is 12.5. The molecule has 1 fully saturated rings. The van der Waals surface area contributed by atoms with Gasteiger partial charge in [-0.05, 0) is 63.6 Å². The van der Waals surface area contributed by atoms with Crippen molar-refractivity contribution in [3.05, 3.63) is 71.5 Å². The molecule has 2 atom stereocenters. The number of nitrogens with zero attached hydrogens (tertiary/aromatic N) is 5. The van der Waals surface area contributed by atoms with Gasteiger partial charge in [-0.2, -0.15) is 0 Å². The van der Waals surface area contributed by atoms with E-state index in [1.165, 1.54) is 22.3 Å². The standard InChI is InChI=1S/C27H24F2N6O3S2/c1-14-25(15(2)38-33-14)16-7-10-21-20(11-16)32-26(35(21)27-31-13-24(39-27)40(37)30-3)22-5-4-6-23(36)34(22)17-8-9-18(28)19(29)12-17/h7-13,22,30H,4-6H2,1-3H3. The SMILES string of the molecule is CNS(=O)c1cnc(-n2c(C3CCCC(=O)N3c3ccc(F)c(F)c3)nc3cc(-c4c(C)noc4C)ccc32)s1. The minimum absolute atomic E-state index is 0.214. The lowest BCUT2D eigenvalue weighted by atomic mass is 9.99. The molecule has 6 rings (SSSR count). The molecule has 40 heavy (non-hydrogen) atoms. The summed E-state index contributed by atoms with van der Waals surface area (Å²) in [6.45, 7) is 3.71. The number of amides is 1. The molecule has 0 spiro atoms. The molecule has 4 heterocycles. The van der Waals surface area contributed by atoms with Crippen LogP contribution in [0.25, 0.3) is 27.3 Å². The van der Waals surface area contributed by atoms with Crippen molar-refractivity contribution in [1.82, 2.24) is 24.4 Å². The number of fused-ring (bicyclic) bond motifs is 1. The summed E-state index contributed by atoms with van der Waals surface area (Å²) in [4.78, 5) is 24.3. The minimum Gasteiger partial charge on any atom is -0.361 e. The van der Waals surface area contributed by atoms with E-state index in [1.807, 2.05) is 36.6 Å². The van der Waals surface area contributed by atoms with Crippen LogP contribution in [-0.4, -0.2) is 36.9 Å². The molecule has 9 nitrogen and oxygen atoms in total. The Bertz CT molecular complexity index is 1780. The topological polar surface area (TPSA) is 106 Å². The number of hydrogen-bond donors (Lipinski definition) is 1. The van der Waals surface area contributed by atoms with E-state index in [-0.39, 0.29) is 18.0 Å². The fourth-order valence-corrected chi connectivity index (χ4v) is 6.99. The second-order valence-corrected chi connectivity index (χ2v) is 12.1. The van der Waals surface area contributed by atoms with Crippen molar-refractivity contribution in [2.45, 2.75) is 43.4 Å². The van der Waals surface area contributed by atoms with E-state index in [0.29, 0.717) is 39.3 Å². The number of nitrogens with one attached hydrogen (secondary N) is 1. The van der Waals surface area contributed by atoms with Gasteiger partial charge in [0.05, 0.1) is 29.0 Å². The van der Waals surface area contributed by atoms with Crippen molar-refractivity contribution in [3.8, 4) is 16.3 Å². The lowest BCUT2D eigenvalue weighted by Gasteiger charge is -2.35. The Balaban J connectivity index is 1.56. The van der Waals surface area contributed by atoms with E-state index in [0.717, 1.165) is 34.5 Å². The number of piperidine rings is 1. The number of benzene rings is 2. The number of hydrogen-bond acceptors (Lipinski definition) is 7. The number of anilines is 1. The van der Waals surface area contributed by atoms with Crippen LogP contribution in [0.5, 0.6) is 0 Å². The Morgan fingerprint density at radius 2 is 1.98 bits per heavy atom. The van der Waals surface area contributed by atoms with Crippen molar-refractivity contribution >= 4 is 45.0 Å². The van der Waals surface area contributed by atoms with Crippen molar-refractivity contribution < 1.29 is 22.3 Å². The van der Waals surface area contributed by atoms with Gasteiger partial charge in [-0.3, -0.25) is 9.36 Å². The lowest BCUT2D eigenvalue weighted by Crippen LogP contribution is -2.39. The Hall–Kier alpha value is -3.81. The molecule has 1 aliphatic rings. The molecule has 1 N–H and O–H groups in total. The lowest BCUT2D eigenvalue weighted by molar-refractivity contribution is -0.120. The number of thiazole rings is 1. The predicted octanol–water partition coefficient (Wildman–Crippen LogP) is 5.53. The average Bonchev–Trinajstić information content (AvgIpc) is 3.66. The van der Waals surface area contributed by atoms with Crippen LogP contribution in [0.2, 0.25) is 0 Å². The highest BCUT2D eigenvalue weighted by Crippen LogP contribution is 2.40. The summed E-state index contributed by atoms with van der Waals surface area (Å²) < 4.78 is 50.9. The van der Waals surface area contributed by atoms with Gasteiger partial charge < -0.3 is 9.42 Å². The predicted molar refractivity (Wildman–Crippen MR) is 148 cm³/mol. The quantitative estimate of drug-likeness (QED) is 0.282. The molecule has 0 radical (unpaired) electrons. The van der Waals surface area contributed by atoms with Crippen LogP contribution in [0, 0.1) is 25.5 Å². The van der Waals surface area contributed by atoms with Gasteiger partial charge in [0.25, 0.3) is 0 Å². The molecule has 5 aromatic rings. The number of aromatic nitrogens is 4. The normalized spacial score (nSPS) is 16.7. The molecule has 206 valence electrons. The number of halogens is 2. The third kappa shape index (κ3) is 4.43. The van der Waals surface area contributed by atoms with E-state index in [2.05, 4.69) is 14.9 Å². The van der Waals surface area contributed by atoms with E-state index in [9.17, 15) is 17.8 Å². The maximum absolute atomic E-state index is 14.3. The summed E-state index contributed by atoms with van der Waals surface area (Å²) in [5.74, 6) is -1.05. The first-order valence-corrected chi connectivity index (χ1v) is 14.5. The van der Waals surface area contributed by atoms with E-state index in [4.69, 9.17) is 9.51 Å². The van der Waals surface area contributed by atoms with E-state index < -0.39 is 28.7 Å². The van der Waals surface area contributed by atoms with E-state index >= 15 is 0 Å². The van der Waals surface area contributed by atoms with Gasteiger partial charge in [-0.1, -0.05) is 22.6 Å². The zero-order chi connectivity index (χ0) is 28.1. The molecular weight excluding hydrogens is 558 g/mol. The number of carbonyl (C=O) groups is 1. The molecule has 0 aliphatic carbocycles. The second-order valence-electron chi connectivity index (χ2n) is 9.41. The highest BCUT2D eigenvalue weighted by atomic mass is 32.2. The van der Waals surface area contributed by atoms with Crippen LogP contribution in [-0.2, 0) is 15.8 Å². The summed E-state index contributed by atoms with van der Waals surface area (Å²) in [7, 11) is 0.155. The molecule has 0 bridgehead atoms. The van der Waals surface area contributed by atoms with Gasteiger partial charge in [0.15, 0.2) is 16.8 Å². The minimum atomic E-state index is -1.44. The van der Waals surface area contributed by atoms with Crippen LogP contribution in [0.3, 0.4) is 0 Å². The van der Waals surface area contributed by atoms with Crippen molar-refractivity contribution in [2.24, 2.45) is 0 Å². The Morgan fingerprint density at radius 3 is 2.70 bits per heavy atom. The molecule has 0 saturated carbocycles. The maximum atomic E-state index is 14.3. The van der Waals surface area contributed by atoms with Gasteiger partial charge in [-0.25, -0.2) is 27.7 Å². The molecule has 3 aromatic heterocycles. The largest absolute Gasteiger partial charge is 0.361 e. The average molecular weight is 583 g/mol. The molecule has 2 aromatic carbocycles. The third-order valence-corrected chi connectivity index (χ3v) is 9.29. The Kier molecular flexibility index (Phi) is 6.80. The fraction of sp³-hybridized carbons (Fsp3) is 0.259. The van der Waals surface area contributed by atoms with Crippen LogP contribution in [0.4, 0.5) is 14.5 Å². The highest BCUT2D eigenvalue weighted by Gasteiger charge is 2.35. The van der Waals surface area contributed by atoms with Crippen LogP contribution < -0.4 is 9.62 Å². The van der Waals surface area contributed by atoms with Crippen molar-refractivity contribution in [1.29, 1.82) is 0 Å². The Morgan fingerprint density at radius 1 is 1.15 bits per heavy atom. The molecule has 1 amide bonds. The molecule has 1 saturated heterocycles. The maximum Gasteiger partial charge on any atom is 0.227 e. The number of aryl methyl sites for hydroxylation is 2. The van der Waals surface area contributed by atoms with E-state index in [1.54, 1.807) is 13.2 Å². The zero-order valence-electron chi connectivity index (χ0n) is 21.8. The van der Waals surface area contributed by atoms with Gasteiger partial charge >= 0.3 is 0 Å². The van der Waals surface area contributed by atoms with Gasteiger partial charge in [0.2, 0.25) is 5.91 Å². The molecular formula is C27H24F2N6O3S2. The van der Waals surface area contributed by atoms with Crippen LogP contribution >= 0.6 is 11.3 Å². The van der Waals surface area contributed by atoms with Crippen LogP contribution in [0.1, 0.15) is 42.6 Å². The summed E-state index contributed by atoms with van der Waals surface area (Å²) in [5, 5.41) is 4.58. The third-order valence-electron chi connectivity index (χ3n) is 6.96.